The molecule has 0 unspecified atom stereocenters. The van der Waals surface area contributed by atoms with Crippen LogP contribution in [-0.2, 0) is 6.54 Å². The van der Waals surface area contributed by atoms with E-state index in [4.69, 9.17) is 28.9 Å². The van der Waals surface area contributed by atoms with E-state index in [2.05, 4.69) is 25.1 Å². The Labute approximate surface area is 123 Å². The number of hydrogen-bond donors (Lipinski definition) is 1. The standard InChI is InChI=1S/C15H16Cl2N2/c1-10-4-3-5-11(6-10)9-19(2)15-13(16)7-12(18)8-14(15)17/h3-8H,9,18H2,1-2H3. The average Bonchev–Trinajstić information content (AvgIpc) is 2.27. The number of halogens is 2. The van der Waals surface area contributed by atoms with Crippen LogP contribution >= 0.6 is 23.2 Å². The molecule has 2 rings (SSSR count). The second kappa shape index (κ2) is 5.72. The zero-order valence-corrected chi connectivity index (χ0v) is 12.5. The monoisotopic (exact) mass is 294 g/mol. The van der Waals surface area contributed by atoms with Crippen molar-refractivity contribution in [2.75, 3.05) is 17.7 Å². The molecule has 2 aromatic rings. The summed E-state index contributed by atoms with van der Waals surface area (Å²) in [5.74, 6) is 0. The third-order valence-corrected chi connectivity index (χ3v) is 3.50. The van der Waals surface area contributed by atoms with Crippen molar-refractivity contribution in [3.05, 3.63) is 57.6 Å². The Morgan fingerprint density at radius 3 is 2.32 bits per heavy atom. The van der Waals surface area contributed by atoms with Crippen molar-refractivity contribution in [1.29, 1.82) is 0 Å². The molecule has 0 saturated carbocycles. The minimum atomic E-state index is 0.570. The lowest BCUT2D eigenvalue weighted by molar-refractivity contribution is 0.922. The number of benzene rings is 2. The lowest BCUT2D eigenvalue weighted by Gasteiger charge is -2.22. The molecule has 100 valence electrons. The third-order valence-electron chi connectivity index (χ3n) is 2.92. The zero-order valence-electron chi connectivity index (χ0n) is 11.0. The number of rotatable bonds is 3. The highest BCUT2D eigenvalue weighted by atomic mass is 35.5. The molecule has 2 nitrogen and oxygen atoms in total. The van der Waals surface area contributed by atoms with Gasteiger partial charge in [0, 0.05) is 19.3 Å². The number of hydrogen-bond acceptors (Lipinski definition) is 2. The Bertz CT molecular complexity index is 573. The second-order valence-corrected chi connectivity index (χ2v) is 5.49. The number of nitrogens with two attached hydrogens (primary N) is 1. The molecule has 0 saturated heterocycles. The molecule has 0 aromatic heterocycles. The van der Waals surface area contributed by atoms with Gasteiger partial charge in [0.1, 0.15) is 0 Å². The molecule has 0 spiro atoms. The maximum absolute atomic E-state index is 6.22. The lowest BCUT2D eigenvalue weighted by Crippen LogP contribution is -2.17. The summed E-state index contributed by atoms with van der Waals surface area (Å²) >= 11 is 12.4. The minimum absolute atomic E-state index is 0.570. The normalized spacial score (nSPS) is 10.5. The predicted octanol–water partition coefficient (Wildman–Crippen LogP) is 4.52. The van der Waals surface area contributed by atoms with Crippen molar-refractivity contribution in [2.45, 2.75) is 13.5 Å². The Kier molecular flexibility index (Phi) is 4.23. The highest BCUT2D eigenvalue weighted by Crippen LogP contribution is 2.35. The molecule has 0 radical (unpaired) electrons. The smallest absolute Gasteiger partial charge is 0.0746 e. The molecule has 0 aliphatic heterocycles. The summed E-state index contributed by atoms with van der Waals surface area (Å²) < 4.78 is 0. The van der Waals surface area contributed by atoms with Crippen molar-refractivity contribution in [1.82, 2.24) is 0 Å². The molecule has 2 aromatic carbocycles. The summed E-state index contributed by atoms with van der Waals surface area (Å²) in [6.07, 6.45) is 0. The fraction of sp³-hybridized carbons (Fsp3) is 0.200. The Hall–Kier alpha value is -1.38. The van der Waals surface area contributed by atoms with E-state index in [-0.39, 0.29) is 0 Å². The van der Waals surface area contributed by atoms with Crippen LogP contribution in [0.2, 0.25) is 10.0 Å². The van der Waals surface area contributed by atoms with Gasteiger partial charge in [-0.05, 0) is 24.6 Å². The van der Waals surface area contributed by atoms with Gasteiger partial charge in [0.05, 0.1) is 15.7 Å². The molecule has 0 fully saturated rings. The van der Waals surface area contributed by atoms with E-state index in [9.17, 15) is 0 Å². The fourth-order valence-corrected chi connectivity index (χ4v) is 2.91. The fourth-order valence-electron chi connectivity index (χ4n) is 2.11. The van der Waals surface area contributed by atoms with Crippen molar-refractivity contribution < 1.29 is 0 Å². The molecule has 0 heterocycles. The number of nitrogen functional groups attached to an aromatic ring is 1. The number of anilines is 2. The predicted molar refractivity (Wildman–Crippen MR) is 84.2 cm³/mol. The van der Waals surface area contributed by atoms with Crippen molar-refractivity contribution >= 4 is 34.6 Å². The van der Waals surface area contributed by atoms with Gasteiger partial charge in [-0.15, -0.1) is 0 Å². The second-order valence-electron chi connectivity index (χ2n) is 4.68. The summed E-state index contributed by atoms with van der Waals surface area (Å²) in [6.45, 7) is 2.82. The molecule has 0 amide bonds. The van der Waals surface area contributed by atoms with Gasteiger partial charge in [-0.25, -0.2) is 0 Å². The van der Waals surface area contributed by atoms with Crippen LogP contribution in [0.3, 0.4) is 0 Å². The molecule has 0 aliphatic rings. The first-order valence-electron chi connectivity index (χ1n) is 5.98. The van der Waals surface area contributed by atoms with Crippen LogP contribution in [0.4, 0.5) is 11.4 Å². The largest absolute Gasteiger partial charge is 0.399 e. The Morgan fingerprint density at radius 1 is 1.11 bits per heavy atom. The van der Waals surface area contributed by atoms with Gasteiger partial charge in [0.15, 0.2) is 0 Å². The van der Waals surface area contributed by atoms with Crippen LogP contribution in [0.1, 0.15) is 11.1 Å². The lowest BCUT2D eigenvalue weighted by atomic mass is 10.1. The molecule has 2 N–H and O–H groups in total. The minimum Gasteiger partial charge on any atom is -0.399 e. The number of nitrogens with zero attached hydrogens (tertiary/aromatic N) is 1. The third kappa shape index (κ3) is 3.34. The van der Waals surface area contributed by atoms with E-state index in [0.29, 0.717) is 15.7 Å². The molecule has 19 heavy (non-hydrogen) atoms. The van der Waals surface area contributed by atoms with Crippen molar-refractivity contribution in [2.24, 2.45) is 0 Å². The first kappa shape index (κ1) is 14.0. The van der Waals surface area contributed by atoms with E-state index in [1.54, 1.807) is 12.1 Å². The van der Waals surface area contributed by atoms with Crippen LogP contribution < -0.4 is 10.6 Å². The van der Waals surface area contributed by atoms with E-state index < -0.39 is 0 Å². The SMILES string of the molecule is Cc1cccc(CN(C)c2c(Cl)cc(N)cc2Cl)c1. The first-order chi connectivity index (χ1) is 8.97. The van der Waals surface area contributed by atoms with Crippen LogP contribution in [0, 0.1) is 6.92 Å². The molecular formula is C15H16Cl2N2. The first-order valence-corrected chi connectivity index (χ1v) is 6.74. The van der Waals surface area contributed by atoms with Crippen LogP contribution in [0.5, 0.6) is 0 Å². The highest BCUT2D eigenvalue weighted by molar-refractivity contribution is 6.39. The van der Waals surface area contributed by atoms with Gasteiger partial charge >= 0.3 is 0 Å². The molecule has 0 aliphatic carbocycles. The summed E-state index contributed by atoms with van der Waals surface area (Å²) in [7, 11) is 1.96. The quantitative estimate of drug-likeness (QED) is 0.843. The van der Waals surface area contributed by atoms with Crippen molar-refractivity contribution in [3.63, 3.8) is 0 Å². The van der Waals surface area contributed by atoms with Crippen LogP contribution in [0.15, 0.2) is 36.4 Å². The van der Waals surface area contributed by atoms with E-state index in [1.165, 1.54) is 11.1 Å². The summed E-state index contributed by atoms with van der Waals surface area (Å²) in [6, 6.07) is 11.8. The maximum Gasteiger partial charge on any atom is 0.0746 e. The van der Waals surface area contributed by atoms with Crippen LogP contribution in [0.25, 0.3) is 0 Å². The molecule has 0 bridgehead atoms. The highest BCUT2D eigenvalue weighted by Gasteiger charge is 2.12. The summed E-state index contributed by atoms with van der Waals surface area (Å²) in [5.41, 5.74) is 9.54. The van der Waals surface area contributed by atoms with E-state index in [1.807, 2.05) is 18.0 Å². The Morgan fingerprint density at radius 2 is 1.74 bits per heavy atom. The topological polar surface area (TPSA) is 29.3 Å². The Balaban J connectivity index is 2.28. The van der Waals surface area contributed by atoms with Gasteiger partial charge in [0.25, 0.3) is 0 Å². The summed E-state index contributed by atoms with van der Waals surface area (Å²) in [4.78, 5) is 2.03. The van der Waals surface area contributed by atoms with Gasteiger partial charge in [-0.3, -0.25) is 0 Å². The van der Waals surface area contributed by atoms with Crippen LogP contribution in [-0.4, -0.2) is 7.05 Å². The molecule has 4 heteroatoms. The van der Waals surface area contributed by atoms with Gasteiger partial charge in [-0.2, -0.15) is 0 Å². The maximum atomic E-state index is 6.22. The molecular weight excluding hydrogens is 279 g/mol. The van der Waals surface area contributed by atoms with Crippen molar-refractivity contribution in [3.8, 4) is 0 Å². The van der Waals surface area contributed by atoms with Gasteiger partial charge < -0.3 is 10.6 Å². The number of aryl methyl sites for hydroxylation is 1. The van der Waals surface area contributed by atoms with E-state index in [0.717, 1.165) is 12.2 Å². The van der Waals surface area contributed by atoms with Gasteiger partial charge in [-0.1, -0.05) is 53.0 Å². The van der Waals surface area contributed by atoms with Gasteiger partial charge in [0.2, 0.25) is 0 Å². The zero-order chi connectivity index (χ0) is 14.0. The summed E-state index contributed by atoms with van der Waals surface area (Å²) in [5, 5.41) is 1.14. The van der Waals surface area contributed by atoms with E-state index >= 15 is 0 Å². The molecule has 0 atom stereocenters. The average molecular weight is 295 g/mol.